The molecule has 0 aromatic heterocycles. The number of hydrogen-bond donors (Lipinski definition) is 3. The van der Waals surface area contributed by atoms with Crippen LogP contribution in [-0.2, 0) is 15.1 Å². The molecule has 1 heterocycles. The van der Waals surface area contributed by atoms with Gasteiger partial charge in [0.15, 0.2) is 5.60 Å². The van der Waals surface area contributed by atoms with Crippen LogP contribution in [0, 0.1) is 5.92 Å². The van der Waals surface area contributed by atoms with Gasteiger partial charge in [-0.05, 0) is 43.7 Å². The van der Waals surface area contributed by atoms with Gasteiger partial charge in [-0.1, -0.05) is 23.2 Å². The fourth-order valence-electron chi connectivity index (χ4n) is 3.78. The third-order valence-electron chi connectivity index (χ3n) is 5.23. The number of rotatable bonds is 4. The van der Waals surface area contributed by atoms with Crippen molar-refractivity contribution in [2.75, 3.05) is 12.4 Å². The number of aliphatic hydroxyl groups is 2. The number of halogens is 2. The maximum atomic E-state index is 12.4. The molecule has 1 aliphatic carbocycles. The van der Waals surface area contributed by atoms with E-state index in [0.29, 0.717) is 10.7 Å². The molecular weight excluding hydrogens is 353 g/mol. The van der Waals surface area contributed by atoms with Crippen molar-refractivity contribution >= 4 is 34.8 Å². The van der Waals surface area contributed by atoms with Crippen LogP contribution < -0.4 is 5.32 Å². The Bertz CT molecular complexity index is 646. The van der Waals surface area contributed by atoms with Crippen molar-refractivity contribution in [3.63, 3.8) is 0 Å². The lowest BCUT2D eigenvalue weighted by molar-refractivity contribution is -0.138. The minimum absolute atomic E-state index is 0.0234. The molecule has 1 amide bonds. The van der Waals surface area contributed by atoms with Gasteiger partial charge in [0, 0.05) is 24.1 Å². The Morgan fingerprint density at radius 3 is 2.54 bits per heavy atom. The highest BCUT2D eigenvalue weighted by Crippen LogP contribution is 2.47. The highest BCUT2D eigenvalue weighted by molar-refractivity contribution is 6.38. The van der Waals surface area contributed by atoms with Gasteiger partial charge in [-0.2, -0.15) is 0 Å². The van der Waals surface area contributed by atoms with Crippen LogP contribution in [0.2, 0.25) is 10.0 Å². The van der Waals surface area contributed by atoms with Gasteiger partial charge in [0.1, 0.15) is 0 Å². The normalized spacial score (nSPS) is 30.8. The number of hydrogen-bond acceptors (Lipinski definition) is 4. The first-order valence-electron chi connectivity index (χ1n) is 8.10. The Morgan fingerprint density at radius 1 is 1.29 bits per heavy atom. The molecule has 1 aliphatic heterocycles. The zero-order valence-corrected chi connectivity index (χ0v) is 14.9. The van der Waals surface area contributed by atoms with Crippen molar-refractivity contribution in [2.45, 2.75) is 49.9 Å². The van der Waals surface area contributed by atoms with E-state index in [1.807, 2.05) is 0 Å². The largest absolute Gasteiger partial charge is 0.393 e. The molecule has 0 spiro atoms. The summed E-state index contributed by atoms with van der Waals surface area (Å²) in [5.74, 6) is -0.577. The van der Waals surface area contributed by atoms with Gasteiger partial charge in [-0.25, -0.2) is 0 Å². The molecule has 5 nitrogen and oxygen atoms in total. The third kappa shape index (κ3) is 3.04. The molecule has 1 aromatic rings. The van der Waals surface area contributed by atoms with E-state index in [9.17, 15) is 15.0 Å². The first-order chi connectivity index (χ1) is 11.4. The third-order valence-corrected chi connectivity index (χ3v) is 5.86. The Hall–Kier alpha value is -0.850. The summed E-state index contributed by atoms with van der Waals surface area (Å²) in [5.41, 5.74) is -1.28. The van der Waals surface area contributed by atoms with E-state index in [1.54, 1.807) is 19.2 Å². The summed E-state index contributed by atoms with van der Waals surface area (Å²) >= 11 is 12.3. The smallest absolute Gasteiger partial charge is 0.261 e. The van der Waals surface area contributed by atoms with E-state index in [-0.39, 0.29) is 29.0 Å². The van der Waals surface area contributed by atoms with Crippen molar-refractivity contribution in [2.24, 2.45) is 5.92 Å². The van der Waals surface area contributed by atoms with E-state index < -0.39 is 17.6 Å². The topological polar surface area (TPSA) is 78.8 Å². The molecule has 0 saturated heterocycles. The molecule has 1 saturated carbocycles. The molecule has 0 bridgehead atoms. The molecule has 7 heteroatoms. The number of ether oxygens (including phenoxy) is 1. The Labute approximate surface area is 150 Å². The molecule has 2 aliphatic rings. The number of fused-ring (bicyclic) bond motifs is 1. The van der Waals surface area contributed by atoms with Crippen LogP contribution in [0.4, 0.5) is 5.69 Å². The monoisotopic (exact) mass is 373 g/mol. The zero-order valence-electron chi connectivity index (χ0n) is 13.4. The highest BCUT2D eigenvalue weighted by Gasteiger charge is 2.49. The first kappa shape index (κ1) is 18.0. The predicted octanol–water partition coefficient (Wildman–Crippen LogP) is 3.09. The number of anilines is 1. The fourth-order valence-corrected chi connectivity index (χ4v) is 4.30. The second-order valence-corrected chi connectivity index (χ2v) is 7.45. The molecule has 3 N–H and O–H groups in total. The van der Waals surface area contributed by atoms with Crippen LogP contribution >= 0.6 is 23.2 Å². The second kappa shape index (κ2) is 6.81. The van der Waals surface area contributed by atoms with Gasteiger partial charge in [0.2, 0.25) is 0 Å². The van der Waals surface area contributed by atoms with Gasteiger partial charge < -0.3 is 20.3 Å². The molecule has 1 aromatic carbocycles. The summed E-state index contributed by atoms with van der Waals surface area (Å²) in [6.07, 6.45) is 2.65. The Kier molecular flexibility index (Phi) is 5.09. The second-order valence-electron chi connectivity index (χ2n) is 6.64. The SMILES string of the molecule is COC1CCC(C(O)C[C@]2(O)C(=O)Nc3c(Cl)ccc(Cl)c32)CC1. The average Bonchev–Trinajstić information content (AvgIpc) is 2.83. The van der Waals surface area contributed by atoms with Crippen molar-refractivity contribution in [3.05, 3.63) is 27.7 Å². The van der Waals surface area contributed by atoms with E-state index in [4.69, 9.17) is 27.9 Å². The van der Waals surface area contributed by atoms with Crippen LogP contribution in [0.15, 0.2) is 12.1 Å². The Balaban J connectivity index is 1.80. The lowest BCUT2D eigenvalue weighted by atomic mass is 9.78. The van der Waals surface area contributed by atoms with Gasteiger partial charge in [-0.15, -0.1) is 0 Å². The summed E-state index contributed by atoms with van der Waals surface area (Å²) in [6.45, 7) is 0. The molecule has 0 radical (unpaired) electrons. The van der Waals surface area contributed by atoms with Crippen LogP contribution in [0.25, 0.3) is 0 Å². The van der Waals surface area contributed by atoms with Gasteiger partial charge in [-0.3, -0.25) is 4.79 Å². The maximum absolute atomic E-state index is 12.4. The zero-order chi connectivity index (χ0) is 17.5. The quantitative estimate of drug-likeness (QED) is 0.757. The van der Waals surface area contributed by atoms with Crippen molar-refractivity contribution in [1.29, 1.82) is 0 Å². The van der Waals surface area contributed by atoms with Gasteiger partial charge in [0.25, 0.3) is 5.91 Å². The summed E-state index contributed by atoms with van der Waals surface area (Å²) in [4.78, 5) is 12.4. The fraction of sp³-hybridized carbons (Fsp3) is 0.588. The number of amides is 1. The summed E-state index contributed by atoms with van der Waals surface area (Å²) < 4.78 is 5.34. The summed E-state index contributed by atoms with van der Waals surface area (Å²) in [5, 5.41) is 24.7. The van der Waals surface area contributed by atoms with E-state index in [2.05, 4.69) is 5.32 Å². The van der Waals surface area contributed by atoms with Crippen molar-refractivity contribution < 1.29 is 19.7 Å². The number of benzene rings is 1. The Morgan fingerprint density at radius 2 is 1.92 bits per heavy atom. The minimum Gasteiger partial charge on any atom is -0.393 e. The van der Waals surface area contributed by atoms with E-state index >= 15 is 0 Å². The molecule has 132 valence electrons. The number of carbonyl (C=O) groups is 1. The van der Waals surface area contributed by atoms with E-state index in [1.165, 1.54) is 0 Å². The van der Waals surface area contributed by atoms with Crippen molar-refractivity contribution in [3.8, 4) is 0 Å². The molecule has 24 heavy (non-hydrogen) atoms. The highest BCUT2D eigenvalue weighted by atomic mass is 35.5. The van der Waals surface area contributed by atoms with Crippen LogP contribution in [0.1, 0.15) is 37.7 Å². The summed E-state index contributed by atoms with van der Waals surface area (Å²) in [7, 11) is 1.69. The molecule has 2 atom stereocenters. The maximum Gasteiger partial charge on any atom is 0.261 e. The minimum atomic E-state index is -1.87. The lowest BCUT2D eigenvalue weighted by Crippen LogP contribution is -2.41. The summed E-state index contributed by atoms with van der Waals surface area (Å²) in [6, 6.07) is 3.11. The van der Waals surface area contributed by atoms with Crippen LogP contribution in [-0.4, -0.2) is 35.4 Å². The number of nitrogens with one attached hydrogen (secondary N) is 1. The van der Waals surface area contributed by atoms with Gasteiger partial charge >= 0.3 is 0 Å². The number of aliphatic hydroxyl groups excluding tert-OH is 1. The van der Waals surface area contributed by atoms with Crippen molar-refractivity contribution in [1.82, 2.24) is 0 Å². The average molecular weight is 374 g/mol. The van der Waals surface area contributed by atoms with E-state index in [0.717, 1.165) is 25.7 Å². The predicted molar refractivity (Wildman–Crippen MR) is 92.4 cm³/mol. The molecule has 1 fully saturated rings. The first-order valence-corrected chi connectivity index (χ1v) is 8.85. The molecule has 3 rings (SSSR count). The lowest BCUT2D eigenvalue weighted by Gasteiger charge is -2.33. The number of methoxy groups -OCH3 is 1. The van der Waals surface area contributed by atoms with Crippen LogP contribution in [0.3, 0.4) is 0 Å². The number of carbonyl (C=O) groups excluding carboxylic acids is 1. The van der Waals surface area contributed by atoms with Gasteiger partial charge in [0.05, 0.1) is 22.9 Å². The molecular formula is C17H21Cl2NO4. The standard InChI is InChI=1S/C17H21Cl2NO4/c1-24-10-4-2-9(3-5-10)13(21)8-17(23)14-11(18)6-7-12(19)15(14)20-16(17)22/h6-7,9-10,13,21,23H,2-5,8H2,1H3,(H,20,22)/t9?,10?,13?,17-/m1/s1. The molecule has 1 unspecified atom stereocenters. The van der Waals surface area contributed by atoms with Crippen LogP contribution in [0.5, 0.6) is 0 Å².